The fourth-order valence-electron chi connectivity index (χ4n) is 2.63. The Bertz CT molecular complexity index is 177. The number of unbranched alkanes of at least 4 members (excludes halogenated alkanes) is 2. The molecule has 0 aromatic carbocycles. The Morgan fingerprint density at radius 1 is 1.33 bits per heavy atom. The maximum atomic E-state index is 9.31. The Labute approximate surface area is 94.7 Å². The Kier molecular flexibility index (Phi) is 5.07. The Morgan fingerprint density at radius 3 is 2.60 bits per heavy atom. The third-order valence-corrected chi connectivity index (χ3v) is 3.83. The van der Waals surface area contributed by atoms with E-state index in [4.69, 9.17) is 0 Å². The van der Waals surface area contributed by atoms with Crippen LogP contribution in [-0.2, 0) is 0 Å². The summed E-state index contributed by atoms with van der Waals surface area (Å²) < 4.78 is 0. The second-order valence-corrected chi connectivity index (χ2v) is 5.64. The first-order chi connectivity index (χ1) is 7.10. The molecule has 0 aromatic heterocycles. The van der Waals surface area contributed by atoms with E-state index in [1.807, 2.05) is 0 Å². The molecule has 0 aliphatic carbocycles. The van der Waals surface area contributed by atoms with Crippen molar-refractivity contribution in [3.05, 3.63) is 0 Å². The van der Waals surface area contributed by atoms with Crippen molar-refractivity contribution in [2.24, 2.45) is 11.3 Å². The molecule has 1 N–H and O–H groups in total. The zero-order valence-electron chi connectivity index (χ0n) is 10.6. The molecule has 1 aliphatic heterocycles. The first-order valence-corrected chi connectivity index (χ1v) is 6.43. The standard InChI is InChI=1S/C13H27NO/c1-4-5-6-8-14-9-7-12(10-15)13(2,3)11-14/h12,15H,4-11H2,1-3H3. The highest BCUT2D eigenvalue weighted by Gasteiger charge is 2.34. The van der Waals surface area contributed by atoms with Crippen LogP contribution in [0.25, 0.3) is 0 Å². The molecule has 0 amide bonds. The van der Waals surface area contributed by atoms with Crippen LogP contribution in [0.3, 0.4) is 0 Å². The lowest BCUT2D eigenvalue weighted by Crippen LogP contribution is -2.47. The van der Waals surface area contributed by atoms with E-state index in [1.165, 1.54) is 32.4 Å². The maximum Gasteiger partial charge on any atom is 0.0465 e. The van der Waals surface area contributed by atoms with Gasteiger partial charge in [0, 0.05) is 13.2 Å². The Balaban J connectivity index is 2.33. The molecule has 1 rings (SSSR count). The van der Waals surface area contributed by atoms with Crippen LogP contribution in [-0.4, -0.2) is 36.2 Å². The van der Waals surface area contributed by atoms with E-state index in [2.05, 4.69) is 25.7 Å². The summed E-state index contributed by atoms with van der Waals surface area (Å²) in [6.45, 7) is 10.8. The van der Waals surface area contributed by atoms with Gasteiger partial charge in [-0.05, 0) is 37.3 Å². The molecule has 1 aliphatic rings. The number of rotatable bonds is 5. The van der Waals surface area contributed by atoms with Crippen LogP contribution in [0.2, 0.25) is 0 Å². The van der Waals surface area contributed by atoms with Crippen molar-refractivity contribution in [3.8, 4) is 0 Å². The molecule has 1 saturated heterocycles. The molecule has 2 nitrogen and oxygen atoms in total. The summed E-state index contributed by atoms with van der Waals surface area (Å²) in [5.74, 6) is 0.500. The van der Waals surface area contributed by atoms with E-state index in [1.54, 1.807) is 0 Å². The first kappa shape index (κ1) is 13.0. The maximum absolute atomic E-state index is 9.31. The van der Waals surface area contributed by atoms with Gasteiger partial charge < -0.3 is 10.0 Å². The predicted molar refractivity (Wildman–Crippen MR) is 64.9 cm³/mol. The van der Waals surface area contributed by atoms with Crippen molar-refractivity contribution in [1.82, 2.24) is 4.90 Å². The van der Waals surface area contributed by atoms with Crippen LogP contribution in [0.4, 0.5) is 0 Å². The van der Waals surface area contributed by atoms with Crippen molar-refractivity contribution in [1.29, 1.82) is 0 Å². The van der Waals surface area contributed by atoms with Gasteiger partial charge in [0.2, 0.25) is 0 Å². The second kappa shape index (κ2) is 5.86. The summed E-state index contributed by atoms with van der Waals surface area (Å²) in [5.41, 5.74) is 0.291. The number of likely N-dealkylation sites (tertiary alicyclic amines) is 1. The molecular weight excluding hydrogens is 186 g/mol. The van der Waals surface area contributed by atoms with Crippen LogP contribution in [0.5, 0.6) is 0 Å². The van der Waals surface area contributed by atoms with Gasteiger partial charge in [-0.25, -0.2) is 0 Å². The number of aliphatic hydroxyl groups is 1. The van der Waals surface area contributed by atoms with Crippen molar-refractivity contribution >= 4 is 0 Å². The average Bonchev–Trinajstić information content (AvgIpc) is 2.17. The summed E-state index contributed by atoms with van der Waals surface area (Å²) in [6, 6.07) is 0. The minimum atomic E-state index is 0.291. The third kappa shape index (κ3) is 3.76. The van der Waals surface area contributed by atoms with E-state index in [0.29, 0.717) is 17.9 Å². The topological polar surface area (TPSA) is 23.5 Å². The quantitative estimate of drug-likeness (QED) is 0.709. The molecule has 0 saturated carbocycles. The molecule has 90 valence electrons. The molecule has 1 unspecified atom stereocenters. The van der Waals surface area contributed by atoms with Crippen molar-refractivity contribution in [3.63, 3.8) is 0 Å². The van der Waals surface area contributed by atoms with E-state index in [-0.39, 0.29) is 0 Å². The molecular formula is C13H27NO. The third-order valence-electron chi connectivity index (χ3n) is 3.83. The molecule has 0 spiro atoms. The fourth-order valence-corrected chi connectivity index (χ4v) is 2.63. The van der Waals surface area contributed by atoms with Gasteiger partial charge in [0.1, 0.15) is 0 Å². The molecule has 15 heavy (non-hydrogen) atoms. The zero-order chi connectivity index (χ0) is 11.3. The van der Waals surface area contributed by atoms with Gasteiger partial charge in [-0.15, -0.1) is 0 Å². The molecule has 0 radical (unpaired) electrons. The summed E-state index contributed by atoms with van der Waals surface area (Å²) in [7, 11) is 0. The van der Waals surface area contributed by atoms with Gasteiger partial charge in [-0.2, -0.15) is 0 Å². The number of hydrogen-bond acceptors (Lipinski definition) is 2. The molecule has 1 atom stereocenters. The minimum Gasteiger partial charge on any atom is -0.396 e. The van der Waals surface area contributed by atoms with Crippen LogP contribution < -0.4 is 0 Å². The highest BCUT2D eigenvalue weighted by Crippen LogP contribution is 2.34. The molecule has 0 aromatic rings. The summed E-state index contributed by atoms with van der Waals surface area (Å²) >= 11 is 0. The van der Waals surface area contributed by atoms with Crippen LogP contribution >= 0.6 is 0 Å². The average molecular weight is 213 g/mol. The smallest absolute Gasteiger partial charge is 0.0465 e. The van der Waals surface area contributed by atoms with Gasteiger partial charge in [-0.3, -0.25) is 0 Å². The van der Waals surface area contributed by atoms with Crippen LogP contribution in [0.1, 0.15) is 46.5 Å². The van der Waals surface area contributed by atoms with Crippen molar-refractivity contribution in [2.75, 3.05) is 26.2 Å². The van der Waals surface area contributed by atoms with Gasteiger partial charge in [0.15, 0.2) is 0 Å². The van der Waals surface area contributed by atoms with Crippen molar-refractivity contribution < 1.29 is 5.11 Å². The molecule has 2 heteroatoms. The second-order valence-electron chi connectivity index (χ2n) is 5.64. The minimum absolute atomic E-state index is 0.291. The van der Waals surface area contributed by atoms with Gasteiger partial charge in [0.25, 0.3) is 0 Å². The largest absolute Gasteiger partial charge is 0.396 e. The summed E-state index contributed by atoms with van der Waals surface area (Å²) in [4.78, 5) is 2.57. The lowest BCUT2D eigenvalue weighted by Gasteiger charge is -2.43. The van der Waals surface area contributed by atoms with Crippen LogP contribution in [0.15, 0.2) is 0 Å². The SMILES string of the molecule is CCCCCN1CCC(CO)C(C)(C)C1. The monoisotopic (exact) mass is 213 g/mol. The van der Waals surface area contributed by atoms with Gasteiger partial charge >= 0.3 is 0 Å². The lowest BCUT2D eigenvalue weighted by atomic mass is 9.74. The first-order valence-electron chi connectivity index (χ1n) is 6.43. The Hall–Kier alpha value is -0.0800. The van der Waals surface area contributed by atoms with Gasteiger partial charge in [-0.1, -0.05) is 33.6 Å². The highest BCUT2D eigenvalue weighted by molar-refractivity contribution is 4.86. The van der Waals surface area contributed by atoms with Crippen molar-refractivity contribution in [2.45, 2.75) is 46.5 Å². The number of aliphatic hydroxyl groups excluding tert-OH is 1. The van der Waals surface area contributed by atoms with E-state index >= 15 is 0 Å². The summed E-state index contributed by atoms with van der Waals surface area (Å²) in [5, 5.41) is 9.31. The van der Waals surface area contributed by atoms with E-state index in [9.17, 15) is 5.11 Å². The normalized spacial score (nSPS) is 26.8. The van der Waals surface area contributed by atoms with E-state index < -0.39 is 0 Å². The lowest BCUT2D eigenvalue weighted by molar-refractivity contribution is 0.0208. The molecule has 1 heterocycles. The predicted octanol–water partition coefficient (Wildman–Crippen LogP) is 2.52. The fraction of sp³-hybridized carbons (Fsp3) is 1.00. The number of nitrogens with zero attached hydrogens (tertiary/aromatic N) is 1. The highest BCUT2D eigenvalue weighted by atomic mass is 16.3. The zero-order valence-corrected chi connectivity index (χ0v) is 10.6. The van der Waals surface area contributed by atoms with Crippen LogP contribution in [0, 0.1) is 11.3 Å². The van der Waals surface area contributed by atoms with Gasteiger partial charge in [0.05, 0.1) is 0 Å². The number of hydrogen-bond donors (Lipinski definition) is 1. The van der Waals surface area contributed by atoms with E-state index in [0.717, 1.165) is 13.0 Å². The summed E-state index contributed by atoms with van der Waals surface area (Å²) in [6.07, 6.45) is 5.14. The molecule has 0 bridgehead atoms. The number of piperidine rings is 1. The Morgan fingerprint density at radius 2 is 2.07 bits per heavy atom. The molecule has 1 fully saturated rings.